The lowest BCUT2D eigenvalue weighted by Gasteiger charge is -2.15. The van der Waals surface area contributed by atoms with Gasteiger partial charge in [-0.05, 0) is 24.6 Å². The van der Waals surface area contributed by atoms with Crippen LogP contribution in [0.4, 0.5) is 5.69 Å². The summed E-state index contributed by atoms with van der Waals surface area (Å²) in [7, 11) is 0. The fraction of sp³-hybridized carbons (Fsp3) is 0.300. The lowest BCUT2D eigenvalue weighted by atomic mass is 10.0. The van der Waals surface area contributed by atoms with Gasteiger partial charge in [0.2, 0.25) is 0 Å². The van der Waals surface area contributed by atoms with E-state index in [1.807, 2.05) is 0 Å². The first-order chi connectivity index (χ1) is 6.97. The highest BCUT2D eigenvalue weighted by atomic mass is 35.5. The summed E-state index contributed by atoms with van der Waals surface area (Å²) in [6.45, 7) is 1.75. The van der Waals surface area contributed by atoms with Gasteiger partial charge < -0.3 is 15.9 Å². The molecule has 80 valence electrons. The quantitative estimate of drug-likeness (QED) is 0.521. The van der Waals surface area contributed by atoms with Crippen molar-refractivity contribution in [3.63, 3.8) is 0 Å². The first-order valence-corrected chi connectivity index (χ1v) is 4.66. The highest BCUT2D eigenvalue weighted by Gasteiger charge is 2.20. The van der Waals surface area contributed by atoms with E-state index in [9.17, 15) is 5.11 Å². The predicted molar refractivity (Wildman–Crippen MR) is 57.2 cm³/mol. The zero-order chi connectivity index (χ0) is 11.6. The molecule has 1 aromatic rings. The van der Waals surface area contributed by atoms with Crippen LogP contribution in [0.25, 0.3) is 0 Å². The van der Waals surface area contributed by atoms with E-state index in [-0.39, 0.29) is 5.02 Å². The molecule has 1 aromatic carbocycles. The molecule has 2 unspecified atom stereocenters. The highest BCUT2D eigenvalue weighted by Crippen LogP contribution is 2.29. The maximum atomic E-state index is 9.59. The second-order valence-corrected chi connectivity index (χ2v) is 3.66. The van der Waals surface area contributed by atoms with Crippen LogP contribution in [0.15, 0.2) is 12.1 Å². The molecule has 15 heavy (non-hydrogen) atoms. The molecule has 0 aliphatic carbocycles. The van der Waals surface area contributed by atoms with E-state index in [1.54, 1.807) is 19.1 Å². The standard InChI is InChI=1S/C10H11ClN2O2/c1-5-2-6(7(11)3-8(5)13)10(15)9(14)4-12/h2-3,9-10,14-15H,13H2,1H3. The third kappa shape index (κ3) is 2.39. The van der Waals surface area contributed by atoms with Gasteiger partial charge in [-0.3, -0.25) is 0 Å². The third-order valence-corrected chi connectivity index (χ3v) is 2.46. The number of nitrogens with two attached hydrogens (primary N) is 1. The zero-order valence-electron chi connectivity index (χ0n) is 8.11. The van der Waals surface area contributed by atoms with Gasteiger partial charge in [0, 0.05) is 16.3 Å². The molecule has 0 saturated heterocycles. The fourth-order valence-electron chi connectivity index (χ4n) is 1.19. The largest absolute Gasteiger partial charge is 0.398 e. The van der Waals surface area contributed by atoms with Gasteiger partial charge in [-0.25, -0.2) is 0 Å². The minimum atomic E-state index is -1.49. The van der Waals surface area contributed by atoms with Crippen molar-refractivity contribution in [1.82, 2.24) is 0 Å². The Kier molecular flexibility index (Phi) is 3.53. The number of hydrogen-bond acceptors (Lipinski definition) is 4. The van der Waals surface area contributed by atoms with Crippen LogP contribution in [0.5, 0.6) is 0 Å². The zero-order valence-corrected chi connectivity index (χ0v) is 8.86. The van der Waals surface area contributed by atoms with Crippen LogP contribution in [-0.2, 0) is 0 Å². The summed E-state index contributed by atoms with van der Waals surface area (Å²) in [5.41, 5.74) is 7.14. The molecule has 0 amide bonds. The van der Waals surface area contributed by atoms with E-state index in [1.165, 1.54) is 6.07 Å². The summed E-state index contributed by atoms with van der Waals surface area (Å²) < 4.78 is 0. The van der Waals surface area contributed by atoms with E-state index in [0.29, 0.717) is 11.3 Å². The maximum absolute atomic E-state index is 9.59. The summed E-state index contributed by atoms with van der Waals surface area (Å²) in [6.07, 6.45) is -2.81. The van der Waals surface area contributed by atoms with Crippen molar-refractivity contribution in [3.05, 3.63) is 28.3 Å². The summed E-state index contributed by atoms with van der Waals surface area (Å²) in [6, 6.07) is 4.58. The van der Waals surface area contributed by atoms with Crippen LogP contribution in [0.1, 0.15) is 17.2 Å². The van der Waals surface area contributed by atoms with Crippen molar-refractivity contribution in [2.75, 3.05) is 5.73 Å². The number of benzene rings is 1. The Balaban J connectivity index is 3.16. The molecule has 1 rings (SSSR count). The normalized spacial score (nSPS) is 14.3. The first kappa shape index (κ1) is 11.8. The van der Waals surface area contributed by atoms with Crippen LogP contribution < -0.4 is 5.73 Å². The Bertz CT molecular complexity index is 415. The lowest BCUT2D eigenvalue weighted by molar-refractivity contribution is 0.0528. The topological polar surface area (TPSA) is 90.3 Å². The molecule has 0 fully saturated rings. The number of anilines is 1. The van der Waals surface area contributed by atoms with Crippen molar-refractivity contribution in [3.8, 4) is 6.07 Å². The van der Waals surface area contributed by atoms with Crippen molar-refractivity contribution in [2.45, 2.75) is 19.1 Å². The smallest absolute Gasteiger partial charge is 0.170 e. The predicted octanol–water partition coefficient (Wildman–Crippen LogP) is 1.15. The lowest BCUT2D eigenvalue weighted by Crippen LogP contribution is -2.16. The highest BCUT2D eigenvalue weighted by molar-refractivity contribution is 6.31. The number of aryl methyl sites for hydroxylation is 1. The monoisotopic (exact) mass is 226 g/mol. The van der Waals surface area contributed by atoms with E-state index in [2.05, 4.69) is 0 Å². The number of hydrogen-bond donors (Lipinski definition) is 3. The van der Waals surface area contributed by atoms with Gasteiger partial charge in [0.25, 0.3) is 0 Å². The second kappa shape index (κ2) is 4.49. The molecule has 0 saturated carbocycles. The van der Waals surface area contributed by atoms with E-state index < -0.39 is 12.2 Å². The fourth-order valence-corrected chi connectivity index (χ4v) is 1.47. The second-order valence-electron chi connectivity index (χ2n) is 3.25. The molecule has 0 aliphatic heterocycles. The van der Waals surface area contributed by atoms with E-state index in [0.717, 1.165) is 5.56 Å². The summed E-state index contributed by atoms with van der Waals surface area (Å²) in [5, 5.41) is 27.4. The van der Waals surface area contributed by atoms with Crippen LogP contribution in [0.3, 0.4) is 0 Å². The summed E-state index contributed by atoms with van der Waals surface area (Å²) in [5.74, 6) is 0. The van der Waals surface area contributed by atoms with Crippen LogP contribution in [0, 0.1) is 18.3 Å². The Morgan fingerprint density at radius 1 is 1.47 bits per heavy atom. The van der Waals surface area contributed by atoms with Gasteiger partial charge in [0.05, 0.1) is 6.07 Å². The Labute approximate surface area is 92.5 Å². The Morgan fingerprint density at radius 3 is 2.60 bits per heavy atom. The molecule has 0 spiro atoms. The SMILES string of the molecule is Cc1cc(C(O)C(O)C#N)c(Cl)cc1N. The molecule has 0 aromatic heterocycles. The van der Waals surface area contributed by atoms with Crippen molar-refractivity contribution in [2.24, 2.45) is 0 Å². The summed E-state index contributed by atoms with van der Waals surface area (Å²) >= 11 is 5.84. The van der Waals surface area contributed by atoms with E-state index in [4.69, 9.17) is 27.7 Å². The van der Waals surface area contributed by atoms with Gasteiger partial charge in [0.1, 0.15) is 6.10 Å². The number of nitrogens with zero attached hydrogens (tertiary/aromatic N) is 1. The minimum absolute atomic E-state index is 0.236. The Morgan fingerprint density at radius 2 is 2.07 bits per heavy atom. The molecular formula is C10H11ClN2O2. The molecule has 2 atom stereocenters. The van der Waals surface area contributed by atoms with E-state index >= 15 is 0 Å². The van der Waals surface area contributed by atoms with Gasteiger partial charge in [-0.15, -0.1) is 0 Å². The molecule has 5 heteroatoms. The number of aliphatic hydroxyl groups excluding tert-OH is 2. The molecular weight excluding hydrogens is 216 g/mol. The molecule has 4 N–H and O–H groups in total. The number of halogens is 1. The van der Waals surface area contributed by atoms with Gasteiger partial charge >= 0.3 is 0 Å². The number of rotatable bonds is 2. The maximum Gasteiger partial charge on any atom is 0.170 e. The van der Waals surface area contributed by atoms with Crippen LogP contribution in [-0.4, -0.2) is 16.3 Å². The van der Waals surface area contributed by atoms with Crippen molar-refractivity contribution in [1.29, 1.82) is 5.26 Å². The third-order valence-electron chi connectivity index (χ3n) is 2.14. The molecule has 0 heterocycles. The van der Waals surface area contributed by atoms with Gasteiger partial charge in [0.15, 0.2) is 6.10 Å². The van der Waals surface area contributed by atoms with Gasteiger partial charge in [-0.2, -0.15) is 5.26 Å². The molecule has 0 radical (unpaired) electrons. The molecule has 4 nitrogen and oxygen atoms in total. The van der Waals surface area contributed by atoms with Gasteiger partial charge in [-0.1, -0.05) is 11.6 Å². The average Bonchev–Trinajstić information content (AvgIpc) is 2.21. The van der Waals surface area contributed by atoms with Crippen molar-refractivity contribution >= 4 is 17.3 Å². The van der Waals surface area contributed by atoms with Crippen LogP contribution >= 0.6 is 11.6 Å². The molecule has 0 bridgehead atoms. The summed E-state index contributed by atoms with van der Waals surface area (Å²) in [4.78, 5) is 0. The van der Waals surface area contributed by atoms with Crippen molar-refractivity contribution < 1.29 is 10.2 Å². The average molecular weight is 227 g/mol. The number of aliphatic hydroxyl groups is 2. The number of nitrogen functional groups attached to an aromatic ring is 1. The molecule has 0 aliphatic rings. The minimum Gasteiger partial charge on any atom is -0.398 e. The first-order valence-electron chi connectivity index (χ1n) is 4.28. The number of nitriles is 1. The van der Waals surface area contributed by atoms with Crippen LogP contribution in [0.2, 0.25) is 5.02 Å². The Hall–Kier alpha value is -1.28.